The van der Waals surface area contributed by atoms with E-state index in [1.54, 1.807) is 6.26 Å². The first-order valence-corrected chi connectivity index (χ1v) is 6.31. The van der Waals surface area contributed by atoms with Gasteiger partial charge in [0, 0.05) is 12.1 Å². The molecule has 1 saturated heterocycles. The smallest absolute Gasteiger partial charge is 0.318 e. The van der Waals surface area contributed by atoms with Gasteiger partial charge in [0.2, 0.25) is 0 Å². The van der Waals surface area contributed by atoms with Crippen molar-refractivity contribution in [1.29, 1.82) is 0 Å². The van der Waals surface area contributed by atoms with E-state index in [9.17, 15) is 4.79 Å². The average Bonchev–Trinajstić information content (AvgIpc) is 2.94. The minimum Gasteiger partial charge on any atom is -0.467 e. The van der Waals surface area contributed by atoms with E-state index in [0.717, 1.165) is 25.0 Å². The first-order chi connectivity index (χ1) is 8.22. The van der Waals surface area contributed by atoms with Crippen LogP contribution < -0.4 is 5.32 Å². The molecule has 0 bridgehead atoms. The van der Waals surface area contributed by atoms with Gasteiger partial charge in [0.05, 0.1) is 12.8 Å². The fourth-order valence-corrected chi connectivity index (χ4v) is 2.51. The van der Waals surface area contributed by atoms with E-state index in [2.05, 4.69) is 19.2 Å². The largest absolute Gasteiger partial charge is 0.467 e. The highest BCUT2D eigenvalue weighted by molar-refractivity contribution is 5.75. The van der Waals surface area contributed by atoms with Gasteiger partial charge in [-0.3, -0.25) is 0 Å². The summed E-state index contributed by atoms with van der Waals surface area (Å²) in [6.45, 7) is 4.71. The molecule has 94 valence electrons. The number of amides is 2. The summed E-state index contributed by atoms with van der Waals surface area (Å²) in [6, 6.07) is 4.45. The molecule has 0 aliphatic carbocycles. The number of carbonyl (C=O) groups excluding carboxylic acids is 1. The van der Waals surface area contributed by atoms with E-state index in [1.165, 1.54) is 0 Å². The number of likely N-dealkylation sites (tertiary alicyclic amines) is 1. The highest BCUT2D eigenvalue weighted by atomic mass is 16.3. The van der Waals surface area contributed by atoms with Gasteiger partial charge in [-0.2, -0.15) is 0 Å². The van der Waals surface area contributed by atoms with E-state index in [0.29, 0.717) is 18.6 Å². The Morgan fingerprint density at radius 3 is 3.06 bits per heavy atom. The van der Waals surface area contributed by atoms with Crippen LogP contribution in [0.5, 0.6) is 0 Å². The number of nitrogens with zero attached hydrogens (tertiary/aromatic N) is 1. The van der Waals surface area contributed by atoms with Crippen molar-refractivity contribution >= 4 is 6.03 Å². The molecular weight excluding hydrogens is 216 g/mol. The van der Waals surface area contributed by atoms with Crippen LogP contribution >= 0.6 is 0 Å². The van der Waals surface area contributed by atoms with E-state index in [4.69, 9.17) is 4.42 Å². The maximum Gasteiger partial charge on any atom is 0.318 e. The molecule has 4 heteroatoms. The SMILES string of the molecule is CCC1CCC(C)N1C(=O)NCc1ccco1. The minimum absolute atomic E-state index is 0.0262. The molecule has 2 unspecified atom stereocenters. The zero-order valence-electron chi connectivity index (χ0n) is 10.5. The zero-order valence-corrected chi connectivity index (χ0v) is 10.5. The van der Waals surface area contributed by atoms with Crippen LogP contribution in [0.2, 0.25) is 0 Å². The summed E-state index contributed by atoms with van der Waals surface area (Å²) in [6.07, 6.45) is 4.87. The third-order valence-corrected chi connectivity index (χ3v) is 3.49. The van der Waals surface area contributed by atoms with Crippen LogP contribution in [0.15, 0.2) is 22.8 Å². The van der Waals surface area contributed by atoms with Gasteiger partial charge in [-0.1, -0.05) is 6.92 Å². The minimum atomic E-state index is 0.0262. The van der Waals surface area contributed by atoms with Crippen molar-refractivity contribution in [3.8, 4) is 0 Å². The lowest BCUT2D eigenvalue weighted by Gasteiger charge is -2.27. The average molecular weight is 236 g/mol. The van der Waals surface area contributed by atoms with Gasteiger partial charge >= 0.3 is 6.03 Å². The zero-order chi connectivity index (χ0) is 12.3. The Morgan fingerprint density at radius 1 is 1.59 bits per heavy atom. The topological polar surface area (TPSA) is 45.5 Å². The Morgan fingerprint density at radius 2 is 2.41 bits per heavy atom. The maximum atomic E-state index is 12.1. The molecule has 0 spiro atoms. The van der Waals surface area contributed by atoms with Crippen LogP contribution in [-0.4, -0.2) is 23.0 Å². The van der Waals surface area contributed by atoms with Crippen LogP contribution in [0.1, 0.15) is 38.9 Å². The molecule has 1 aromatic rings. The van der Waals surface area contributed by atoms with Gasteiger partial charge in [-0.15, -0.1) is 0 Å². The molecule has 4 nitrogen and oxygen atoms in total. The molecule has 1 N–H and O–H groups in total. The Kier molecular flexibility index (Phi) is 3.71. The number of hydrogen-bond donors (Lipinski definition) is 1. The molecule has 0 saturated carbocycles. The fraction of sp³-hybridized carbons (Fsp3) is 0.615. The number of rotatable bonds is 3. The Hall–Kier alpha value is -1.45. The number of hydrogen-bond acceptors (Lipinski definition) is 2. The predicted octanol–water partition coefficient (Wildman–Crippen LogP) is 2.75. The van der Waals surface area contributed by atoms with E-state index in [1.807, 2.05) is 17.0 Å². The lowest BCUT2D eigenvalue weighted by atomic mass is 10.2. The summed E-state index contributed by atoms with van der Waals surface area (Å²) < 4.78 is 5.19. The molecule has 2 amide bonds. The Balaban J connectivity index is 1.90. The van der Waals surface area contributed by atoms with E-state index >= 15 is 0 Å². The standard InChI is InChI=1S/C13H20N2O2/c1-3-11-7-6-10(2)15(11)13(16)14-9-12-5-4-8-17-12/h4-5,8,10-11H,3,6-7,9H2,1-2H3,(H,14,16). The molecule has 2 atom stereocenters. The normalized spacial score (nSPS) is 24.0. The summed E-state index contributed by atoms with van der Waals surface area (Å²) in [5.74, 6) is 0.790. The van der Waals surface area contributed by atoms with Gasteiger partial charge in [0.1, 0.15) is 5.76 Å². The maximum absolute atomic E-state index is 12.1. The summed E-state index contributed by atoms with van der Waals surface area (Å²) in [5, 5.41) is 2.91. The van der Waals surface area contributed by atoms with Gasteiger partial charge < -0.3 is 14.6 Å². The van der Waals surface area contributed by atoms with Crippen LogP contribution in [-0.2, 0) is 6.54 Å². The third kappa shape index (κ3) is 2.62. The predicted molar refractivity (Wildman–Crippen MR) is 65.6 cm³/mol. The molecular formula is C13H20N2O2. The molecule has 1 aliphatic heterocycles. The van der Waals surface area contributed by atoms with Crippen molar-refractivity contribution in [2.45, 2.75) is 51.7 Å². The number of nitrogens with one attached hydrogen (secondary N) is 1. The molecule has 2 rings (SSSR count). The Bertz CT molecular complexity index is 362. The van der Waals surface area contributed by atoms with Gasteiger partial charge in [0.15, 0.2) is 0 Å². The molecule has 17 heavy (non-hydrogen) atoms. The van der Waals surface area contributed by atoms with Crippen molar-refractivity contribution in [2.75, 3.05) is 0 Å². The van der Waals surface area contributed by atoms with Crippen LogP contribution in [0.25, 0.3) is 0 Å². The number of carbonyl (C=O) groups is 1. The molecule has 0 aromatic carbocycles. The monoisotopic (exact) mass is 236 g/mol. The number of urea groups is 1. The molecule has 2 heterocycles. The second kappa shape index (κ2) is 5.25. The lowest BCUT2D eigenvalue weighted by Crippen LogP contribution is -2.45. The van der Waals surface area contributed by atoms with Crippen molar-refractivity contribution in [2.24, 2.45) is 0 Å². The first-order valence-electron chi connectivity index (χ1n) is 6.31. The lowest BCUT2D eigenvalue weighted by molar-refractivity contribution is 0.173. The molecule has 1 aromatic heterocycles. The summed E-state index contributed by atoms with van der Waals surface area (Å²) >= 11 is 0. The van der Waals surface area contributed by atoms with Crippen LogP contribution in [0, 0.1) is 0 Å². The van der Waals surface area contributed by atoms with Crippen molar-refractivity contribution < 1.29 is 9.21 Å². The third-order valence-electron chi connectivity index (χ3n) is 3.49. The van der Waals surface area contributed by atoms with Gasteiger partial charge in [0.25, 0.3) is 0 Å². The fourth-order valence-electron chi connectivity index (χ4n) is 2.51. The van der Waals surface area contributed by atoms with Gasteiger partial charge in [-0.25, -0.2) is 4.79 Å². The summed E-state index contributed by atoms with van der Waals surface area (Å²) in [5.41, 5.74) is 0. The second-order valence-electron chi connectivity index (χ2n) is 4.63. The summed E-state index contributed by atoms with van der Waals surface area (Å²) in [7, 11) is 0. The molecule has 1 aliphatic rings. The molecule has 1 fully saturated rings. The Labute approximate surface area is 102 Å². The van der Waals surface area contributed by atoms with E-state index < -0.39 is 0 Å². The molecule has 0 radical (unpaired) electrons. The quantitative estimate of drug-likeness (QED) is 0.877. The highest BCUT2D eigenvalue weighted by Crippen LogP contribution is 2.25. The van der Waals surface area contributed by atoms with Crippen molar-refractivity contribution in [3.05, 3.63) is 24.2 Å². The highest BCUT2D eigenvalue weighted by Gasteiger charge is 2.32. The van der Waals surface area contributed by atoms with Crippen molar-refractivity contribution in [3.63, 3.8) is 0 Å². The van der Waals surface area contributed by atoms with Crippen LogP contribution in [0.3, 0.4) is 0 Å². The second-order valence-corrected chi connectivity index (χ2v) is 4.63. The van der Waals surface area contributed by atoms with Crippen LogP contribution in [0.4, 0.5) is 4.79 Å². The summed E-state index contributed by atoms with van der Waals surface area (Å²) in [4.78, 5) is 14.1. The first kappa shape index (κ1) is 12.0. The number of furan rings is 1. The van der Waals surface area contributed by atoms with Crippen molar-refractivity contribution in [1.82, 2.24) is 10.2 Å². The van der Waals surface area contributed by atoms with E-state index in [-0.39, 0.29) is 6.03 Å². The van der Waals surface area contributed by atoms with Gasteiger partial charge in [-0.05, 0) is 38.3 Å².